The summed E-state index contributed by atoms with van der Waals surface area (Å²) < 4.78 is 0. The monoisotopic (exact) mass is 268 g/mol. The fourth-order valence-corrected chi connectivity index (χ4v) is 5.63. The molecule has 1 fully saturated rings. The largest absolute Gasteiger partial charge is 0.161 e. The zero-order valence-corrected chi connectivity index (χ0v) is 12.0. The molecule has 84 valence electrons. The minimum absolute atomic E-state index is 1.36. The van der Waals surface area contributed by atoms with Gasteiger partial charge in [0.05, 0.1) is 0 Å². The van der Waals surface area contributed by atoms with Crippen LogP contribution in [0.5, 0.6) is 0 Å². The molecule has 0 amide bonds. The Morgan fingerprint density at radius 2 is 0.643 bits per heavy atom. The summed E-state index contributed by atoms with van der Waals surface area (Å²) >= 11 is 8.56. The second-order valence-corrected chi connectivity index (χ2v) is 8.06. The molecule has 0 unspecified atom stereocenters. The summed E-state index contributed by atoms with van der Waals surface area (Å²) in [6.45, 7) is 0. The maximum absolute atomic E-state index is 2.14. The summed E-state index contributed by atoms with van der Waals surface area (Å²) in [6.07, 6.45) is 2.81. The first kappa shape index (κ1) is 13.5. The molecule has 0 bridgehead atoms. The lowest BCUT2D eigenvalue weighted by Crippen LogP contribution is -1.95. The van der Waals surface area contributed by atoms with E-state index in [0.29, 0.717) is 0 Å². The fraction of sp³-hybridized carbons (Fsp3) is 1.00. The maximum atomic E-state index is 2.14. The molecule has 4 heteroatoms. The molecule has 0 radical (unpaired) electrons. The Morgan fingerprint density at radius 1 is 0.357 bits per heavy atom. The van der Waals surface area contributed by atoms with Gasteiger partial charge in [0.25, 0.3) is 0 Å². The molecule has 0 aromatic heterocycles. The van der Waals surface area contributed by atoms with Crippen molar-refractivity contribution >= 4 is 47.0 Å². The van der Waals surface area contributed by atoms with Crippen LogP contribution in [0.15, 0.2) is 0 Å². The normalized spacial score (nSPS) is 24.0. The molecule has 0 aliphatic carbocycles. The Morgan fingerprint density at radius 3 is 0.929 bits per heavy atom. The van der Waals surface area contributed by atoms with Gasteiger partial charge in [0, 0.05) is 23.0 Å². The Hall–Kier alpha value is 1.40. The molecule has 1 aliphatic heterocycles. The number of hydrogen-bond donors (Lipinski definition) is 0. The first-order valence-electron chi connectivity index (χ1n) is 5.31. The van der Waals surface area contributed by atoms with E-state index in [0.717, 1.165) is 0 Å². The average molecular weight is 269 g/mol. The van der Waals surface area contributed by atoms with Gasteiger partial charge in [-0.1, -0.05) is 0 Å². The lowest BCUT2D eigenvalue weighted by atomic mass is 10.6. The highest BCUT2D eigenvalue weighted by atomic mass is 32.2. The van der Waals surface area contributed by atoms with Gasteiger partial charge in [0.1, 0.15) is 0 Å². The van der Waals surface area contributed by atoms with Gasteiger partial charge in [0.15, 0.2) is 0 Å². The Kier molecular flexibility index (Phi) is 10.5. The van der Waals surface area contributed by atoms with Crippen molar-refractivity contribution in [2.45, 2.75) is 12.8 Å². The summed E-state index contributed by atoms with van der Waals surface area (Å²) in [5.41, 5.74) is 0. The standard InChI is InChI=1S/C10H20S4/c1-3-11-7-9-13-5-2-6-14-10-8-12-4-1/h1-10H2. The van der Waals surface area contributed by atoms with Crippen LogP contribution in [0.1, 0.15) is 12.8 Å². The summed E-state index contributed by atoms with van der Waals surface area (Å²) in [7, 11) is 0. The van der Waals surface area contributed by atoms with Gasteiger partial charge in [-0.05, 0) is 35.9 Å². The zero-order valence-electron chi connectivity index (χ0n) is 8.70. The molecule has 1 saturated heterocycles. The SMILES string of the molecule is C1CSCCSCCCSCCSC1. The molecule has 0 aromatic rings. The molecule has 0 aromatic carbocycles. The summed E-state index contributed by atoms with van der Waals surface area (Å²) in [5.74, 6) is 11.0. The van der Waals surface area contributed by atoms with E-state index in [9.17, 15) is 0 Å². The average Bonchev–Trinajstić information content (AvgIpc) is 2.22. The molecule has 0 saturated carbocycles. The number of rotatable bonds is 0. The van der Waals surface area contributed by atoms with Crippen LogP contribution >= 0.6 is 47.0 Å². The van der Waals surface area contributed by atoms with Crippen LogP contribution in [-0.2, 0) is 0 Å². The van der Waals surface area contributed by atoms with Crippen molar-refractivity contribution in [1.82, 2.24) is 0 Å². The predicted octanol–water partition coefficient (Wildman–Crippen LogP) is 3.71. The molecule has 1 heterocycles. The highest BCUT2D eigenvalue weighted by molar-refractivity contribution is 8.03. The first-order chi connectivity index (χ1) is 7.00. The summed E-state index contributed by atoms with van der Waals surface area (Å²) in [4.78, 5) is 0. The second kappa shape index (κ2) is 10.9. The molecular formula is C10H20S4. The van der Waals surface area contributed by atoms with Crippen molar-refractivity contribution < 1.29 is 0 Å². The molecule has 0 atom stereocenters. The number of thioether (sulfide) groups is 4. The summed E-state index contributed by atoms with van der Waals surface area (Å²) in [6, 6.07) is 0. The highest BCUT2D eigenvalue weighted by Gasteiger charge is 1.96. The molecule has 1 rings (SSSR count). The van der Waals surface area contributed by atoms with Crippen LogP contribution in [0.2, 0.25) is 0 Å². The van der Waals surface area contributed by atoms with Gasteiger partial charge in [-0.25, -0.2) is 0 Å². The Bertz CT molecular complexity index is 65.4. The van der Waals surface area contributed by atoms with E-state index in [-0.39, 0.29) is 0 Å². The molecule has 0 nitrogen and oxygen atoms in total. The molecule has 1 aliphatic rings. The zero-order chi connectivity index (χ0) is 9.90. The smallest absolute Gasteiger partial charge is 0.00235 e. The highest BCUT2D eigenvalue weighted by Crippen LogP contribution is 2.15. The van der Waals surface area contributed by atoms with Crippen molar-refractivity contribution in [3.63, 3.8) is 0 Å². The van der Waals surface area contributed by atoms with E-state index in [1.165, 1.54) is 58.9 Å². The minimum Gasteiger partial charge on any atom is -0.161 e. The minimum atomic E-state index is 1.36. The van der Waals surface area contributed by atoms with Crippen molar-refractivity contribution in [2.24, 2.45) is 0 Å². The third-order valence-corrected chi connectivity index (χ3v) is 6.70. The van der Waals surface area contributed by atoms with Gasteiger partial charge < -0.3 is 0 Å². The van der Waals surface area contributed by atoms with E-state index < -0.39 is 0 Å². The van der Waals surface area contributed by atoms with Crippen LogP contribution in [0.25, 0.3) is 0 Å². The maximum Gasteiger partial charge on any atom is 0.00235 e. The van der Waals surface area contributed by atoms with Crippen LogP contribution in [0.4, 0.5) is 0 Å². The molecule has 14 heavy (non-hydrogen) atoms. The van der Waals surface area contributed by atoms with Crippen LogP contribution in [-0.4, -0.2) is 46.0 Å². The summed E-state index contributed by atoms with van der Waals surface area (Å²) in [5, 5.41) is 0. The van der Waals surface area contributed by atoms with Gasteiger partial charge in [-0.15, -0.1) is 0 Å². The predicted molar refractivity (Wildman–Crippen MR) is 78.5 cm³/mol. The van der Waals surface area contributed by atoms with Crippen LogP contribution in [0, 0.1) is 0 Å². The third kappa shape index (κ3) is 8.69. The topological polar surface area (TPSA) is 0 Å². The second-order valence-electron chi connectivity index (χ2n) is 3.16. The van der Waals surface area contributed by atoms with Gasteiger partial charge >= 0.3 is 0 Å². The van der Waals surface area contributed by atoms with Gasteiger partial charge in [0.2, 0.25) is 0 Å². The quantitative estimate of drug-likeness (QED) is 0.656. The van der Waals surface area contributed by atoms with Crippen molar-refractivity contribution in [1.29, 1.82) is 0 Å². The van der Waals surface area contributed by atoms with Crippen molar-refractivity contribution in [3.8, 4) is 0 Å². The van der Waals surface area contributed by atoms with E-state index in [1.807, 2.05) is 0 Å². The molecular weight excluding hydrogens is 248 g/mol. The Balaban J connectivity index is 2.00. The van der Waals surface area contributed by atoms with Crippen molar-refractivity contribution in [3.05, 3.63) is 0 Å². The van der Waals surface area contributed by atoms with E-state index in [2.05, 4.69) is 47.0 Å². The van der Waals surface area contributed by atoms with Crippen LogP contribution < -0.4 is 0 Å². The van der Waals surface area contributed by atoms with E-state index >= 15 is 0 Å². The van der Waals surface area contributed by atoms with E-state index in [1.54, 1.807) is 0 Å². The molecule has 0 N–H and O–H groups in total. The lowest BCUT2D eigenvalue weighted by Gasteiger charge is -2.05. The van der Waals surface area contributed by atoms with Gasteiger partial charge in [-0.3, -0.25) is 0 Å². The lowest BCUT2D eigenvalue weighted by molar-refractivity contribution is 1.11. The Labute approximate surface area is 106 Å². The molecule has 0 spiro atoms. The fourth-order valence-electron chi connectivity index (χ4n) is 1.17. The van der Waals surface area contributed by atoms with Gasteiger partial charge in [-0.2, -0.15) is 47.0 Å². The van der Waals surface area contributed by atoms with E-state index in [4.69, 9.17) is 0 Å². The number of hydrogen-bond acceptors (Lipinski definition) is 4. The van der Waals surface area contributed by atoms with Crippen LogP contribution in [0.3, 0.4) is 0 Å². The van der Waals surface area contributed by atoms with Crippen molar-refractivity contribution in [2.75, 3.05) is 46.0 Å². The third-order valence-electron chi connectivity index (χ3n) is 1.90. The first-order valence-corrected chi connectivity index (χ1v) is 9.93.